The van der Waals surface area contributed by atoms with E-state index in [4.69, 9.17) is 0 Å². The number of likely N-dealkylation sites (tertiary alicyclic amines) is 2. The summed E-state index contributed by atoms with van der Waals surface area (Å²) in [6.45, 7) is 3.25. The SMILES string of the molecule is O=C(N1CCCC1)N1CCC(n2nnc3cc(F)ccc32)CC1. The quantitative estimate of drug-likeness (QED) is 0.812. The van der Waals surface area contributed by atoms with Gasteiger partial charge in [0.05, 0.1) is 11.6 Å². The molecule has 0 radical (unpaired) electrons. The molecule has 2 amide bonds. The molecular formula is C16H20FN5O. The number of nitrogens with zero attached hydrogens (tertiary/aromatic N) is 5. The van der Waals surface area contributed by atoms with Crippen LogP contribution in [0.3, 0.4) is 0 Å². The third-order valence-corrected chi connectivity index (χ3v) is 4.89. The Balaban J connectivity index is 1.45. The van der Waals surface area contributed by atoms with E-state index in [1.54, 1.807) is 6.07 Å². The van der Waals surface area contributed by atoms with Crippen molar-refractivity contribution in [3.8, 4) is 0 Å². The third kappa shape index (κ3) is 2.64. The van der Waals surface area contributed by atoms with E-state index in [1.165, 1.54) is 12.1 Å². The van der Waals surface area contributed by atoms with Crippen LogP contribution in [0.15, 0.2) is 18.2 Å². The van der Waals surface area contributed by atoms with Crippen LogP contribution in [0, 0.1) is 5.82 Å². The van der Waals surface area contributed by atoms with Crippen LogP contribution >= 0.6 is 0 Å². The zero-order valence-electron chi connectivity index (χ0n) is 13.0. The second-order valence-electron chi connectivity index (χ2n) is 6.36. The lowest BCUT2D eigenvalue weighted by Crippen LogP contribution is -2.46. The Labute approximate surface area is 133 Å². The molecule has 23 heavy (non-hydrogen) atoms. The molecule has 0 atom stereocenters. The lowest BCUT2D eigenvalue weighted by Gasteiger charge is -2.34. The fourth-order valence-corrected chi connectivity index (χ4v) is 3.59. The molecule has 0 saturated carbocycles. The molecule has 0 unspecified atom stereocenters. The summed E-state index contributed by atoms with van der Waals surface area (Å²) < 4.78 is 15.1. The molecule has 0 aliphatic carbocycles. The fraction of sp³-hybridized carbons (Fsp3) is 0.562. The molecule has 0 bridgehead atoms. The lowest BCUT2D eigenvalue weighted by atomic mass is 10.1. The predicted octanol–water partition coefficient (Wildman–Crippen LogP) is 2.42. The van der Waals surface area contributed by atoms with E-state index < -0.39 is 0 Å². The summed E-state index contributed by atoms with van der Waals surface area (Å²) in [5.74, 6) is -0.296. The molecule has 2 saturated heterocycles. The number of carbonyl (C=O) groups excluding carboxylic acids is 1. The highest BCUT2D eigenvalue weighted by atomic mass is 19.1. The highest BCUT2D eigenvalue weighted by molar-refractivity contribution is 5.75. The van der Waals surface area contributed by atoms with Gasteiger partial charge < -0.3 is 9.80 Å². The lowest BCUT2D eigenvalue weighted by molar-refractivity contribution is 0.139. The second kappa shape index (κ2) is 5.79. The van der Waals surface area contributed by atoms with E-state index in [0.29, 0.717) is 5.52 Å². The van der Waals surface area contributed by atoms with Crippen molar-refractivity contribution in [3.05, 3.63) is 24.0 Å². The van der Waals surface area contributed by atoms with Gasteiger partial charge in [-0.05, 0) is 37.8 Å². The van der Waals surface area contributed by atoms with Crippen LogP contribution in [0.5, 0.6) is 0 Å². The summed E-state index contributed by atoms with van der Waals surface area (Å²) in [7, 11) is 0. The Kier molecular flexibility index (Phi) is 3.63. The van der Waals surface area contributed by atoms with E-state index in [9.17, 15) is 9.18 Å². The van der Waals surface area contributed by atoms with Crippen molar-refractivity contribution in [2.45, 2.75) is 31.7 Å². The normalized spacial score (nSPS) is 19.7. The minimum Gasteiger partial charge on any atom is -0.325 e. The highest BCUT2D eigenvalue weighted by Gasteiger charge is 2.29. The van der Waals surface area contributed by atoms with Crippen LogP contribution < -0.4 is 0 Å². The Hall–Kier alpha value is -2.18. The van der Waals surface area contributed by atoms with Gasteiger partial charge in [-0.15, -0.1) is 5.10 Å². The van der Waals surface area contributed by atoms with Crippen molar-refractivity contribution in [3.63, 3.8) is 0 Å². The number of aromatic nitrogens is 3. The largest absolute Gasteiger partial charge is 0.325 e. The number of urea groups is 1. The zero-order chi connectivity index (χ0) is 15.8. The molecule has 2 aromatic rings. The molecule has 4 rings (SSSR count). The van der Waals surface area contributed by atoms with Crippen molar-refractivity contribution in [1.82, 2.24) is 24.8 Å². The molecule has 1 aromatic carbocycles. The molecular weight excluding hydrogens is 297 g/mol. The van der Waals surface area contributed by atoms with Crippen molar-refractivity contribution in [2.24, 2.45) is 0 Å². The minimum absolute atomic E-state index is 0.173. The number of halogens is 1. The monoisotopic (exact) mass is 317 g/mol. The average molecular weight is 317 g/mol. The van der Waals surface area contributed by atoms with Gasteiger partial charge in [0.15, 0.2) is 0 Å². The first kappa shape index (κ1) is 14.4. The molecule has 6 nitrogen and oxygen atoms in total. The van der Waals surface area contributed by atoms with Gasteiger partial charge >= 0.3 is 6.03 Å². The predicted molar refractivity (Wildman–Crippen MR) is 83.5 cm³/mol. The minimum atomic E-state index is -0.296. The summed E-state index contributed by atoms with van der Waals surface area (Å²) in [6.07, 6.45) is 3.94. The Morgan fingerprint density at radius 2 is 1.78 bits per heavy atom. The Morgan fingerprint density at radius 1 is 1.09 bits per heavy atom. The first-order valence-electron chi connectivity index (χ1n) is 8.27. The maximum Gasteiger partial charge on any atom is 0.319 e. The van der Waals surface area contributed by atoms with Crippen LogP contribution in [0.4, 0.5) is 9.18 Å². The van der Waals surface area contributed by atoms with E-state index in [2.05, 4.69) is 10.3 Å². The Morgan fingerprint density at radius 3 is 2.52 bits per heavy atom. The first-order chi connectivity index (χ1) is 11.2. The molecule has 2 fully saturated rings. The van der Waals surface area contributed by atoms with Gasteiger partial charge in [-0.1, -0.05) is 5.21 Å². The molecule has 1 aromatic heterocycles. The van der Waals surface area contributed by atoms with E-state index in [1.807, 2.05) is 14.5 Å². The number of fused-ring (bicyclic) bond motifs is 1. The van der Waals surface area contributed by atoms with Crippen LogP contribution in [0.1, 0.15) is 31.7 Å². The smallest absolute Gasteiger partial charge is 0.319 e. The molecule has 0 spiro atoms. The van der Waals surface area contributed by atoms with Crippen LogP contribution in [0.2, 0.25) is 0 Å². The van der Waals surface area contributed by atoms with Crippen LogP contribution in [-0.2, 0) is 0 Å². The summed E-state index contributed by atoms with van der Waals surface area (Å²) in [5.41, 5.74) is 1.44. The molecule has 7 heteroatoms. The van der Waals surface area contributed by atoms with Crippen molar-refractivity contribution in [2.75, 3.05) is 26.2 Å². The van der Waals surface area contributed by atoms with E-state index >= 15 is 0 Å². The van der Waals surface area contributed by atoms with Gasteiger partial charge in [-0.25, -0.2) is 13.9 Å². The number of carbonyl (C=O) groups is 1. The van der Waals surface area contributed by atoms with E-state index in [0.717, 1.165) is 57.4 Å². The number of piperidine rings is 1. The van der Waals surface area contributed by atoms with Gasteiger partial charge in [0.2, 0.25) is 0 Å². The number of hydrogen-bond acceptors (Lipinski definition) is 3. The van der Waals surface area contributed by atoms with Gasteiger partial charge in [-0.3, -0.25) is 0 Å². The van der Waals surface area contributed by atoms with Crippen LogP contribution in [-0.4, -0.2) is 57.0 Å². The summed E-state index contributed by atoms with van der Waals surface area (Å²) in [5, 5.41) is 8.25. The number of amides is 2. The topological polar surface area (TPSA) is 54.3 Å². The summed E-state index contributed by atoms with van der Waals surface area (Å²) in [6, 6.07) is 4.96. The number of rotatable bonds is 1. The average Bonchev–Trinajstić information content (AvgIpc) is 3.23. The number of benzene rings is 1. The summed E-state index contributed by atoms with van der Waals surface area (Å²) >= 11 is 0. The van der Waals surface area contributed by atoms with Gasteiger partial charge in [-0.2, -0.15) is 0 Å². The summed E-state index contributed by atoms with van der Waals surface area (Å²) in [4.78, 5) is 16.3. The van der Waals surface area contributed by atoms with Crippen molar-refractivity contribution < 1.29 is 9.18 Å². The van der Waals surface area contributed by atoms with Gasteiger partial charge in [0.25, 0.3) is 0 Å². The maximum absolute atomic E-state index is 13.3. The fourth-order valence-electron chi connectivity index (χ4n) is 3.59. The molecule has 2 aliphatic rings. The molecule has 0 N–H and O–H groups in total. The van der Waals surface area contributed by atoms with Gasteiger partial charge in [0, 0.05) is 32.2 Å². The van der Waals surface area contributed by atoms with Crippen molar-refractivity contribution in [1.29, 1.82) is 0 Å². The van der Waals surface area contributed by atoms with Crippen molar-refractivity contribution >= 4 is 17.1 Å². The Bertz CT molecular complexity index is 716. The first-order valence-corrected chi connectivity index (χ1v) is 8.27. The number of hydrogen-bond donors (Lipinski definition) is 0. The van der Waals surface area contributed by atoms with E-state index in [-0.39, 0.29) is 17.9 Å². The zero-order valence-corrected chi connectivity index (χ0v) is 13.0. The second-order valence-corrected chi connectivity index (χ2v) is 6.36. The molecule has 3 heterocycles. The molecule has 122 valence electrons. The maximum atomic E-state index is 13.3. The highest BCUT2D eigenvalue weighted by Crippen LogP contribution is 2.26. The van der Waals surface area contributed by atoms with Gasteiger partial charge in [0.1, 0.15) is 11.3 Å². The standard InChI is InChI=1S/C16H20FN5O/c17-12-3-4-15-14(11-12)18-19-22(15)13-5-9-21(10-6-13)16(23)20-7-1-2-8-20/h3-4,11,13H,1-2,5-10H2. The van der Waals surface area contributed by atoms with Crippen LogP contribution in [0.25, 0.3) is 11.0 Å². The third-order valence-electron chi connectivity index (χ3n) is 4.89. The molecule has 2 aliphatic heterocycles.